The number of rotatable bonds is 7. The summed E-state index contributed by atoms with van der Waals surface area (Å²) >= 11 is 0. The van der Waals surface area contributed by atoms with Crippen LogP contribution < -0.4 is 10.1 Å². The molecule has 0 radical (unpaired) electrons. The van der Waals surface area contributed by atoms with Gasteiger partial charge in [-0.25, -0.2) is 4.39 Å². The molecule has 0 unspecified atom stereocenters. The predicted octanol–water partition coefficient (Wildman–Crippen LogP) is 4.28. The van der Waals surface area contributed by atoms with Gasteiger partial charge in [0.05, 0.1) is 12.3 Å². The van der Waals surface area contributed by atoms with E-state index in [9.17, 15) is 4.39 Å². The van der Waals surface area contributed by atoms with Crippen molar-refractivity contribution in [2.75, 3.05) is 25.6 Å². The number of anilines is 2. The van der Waals surface area contributed by atoms with Crippen LogP contribution in [0.3, 0.4) is 0 Å². The van der Waals surface area contributed by atoms with Crippen LogP contribution >= 0.6 is 0 Å². The first-order valence-corrected chi connectivity index (χ1v) is 8.59. The van der Waals surface area contributed by atoms with Crippen LogP contribution in [0.2, 0.25) is 0 Å². The largest absolute Gasteiger partial charge is 0.493 e. The molecule has 1 aromatic heterocycles. The van der Waals surface area contributed by atoms with E-state index in [1.165, 1.54) is 17.7 Å². The summed E-state index contributed by atoms with van der Waals surface area (Å²) in [6.45, 7) is 1.33. The Bertz CT molecular complexity index is 906. The lowest BCUT2D eigenvalue weighted by Gasteiger charge is -2.08. The molecule has 0 bridgehead atoms. The number of benzene rings is 2. The lowest BCUT2D eigenvalue weighted by atomic mass is 10.1. The second-order valence-electron chi connectivity index (χ2n) is 6.25. The molecule has 3 aromatic rings. The molecule has 2 aromatic carbocycles. The summed E-state index contributed by atoms with van der Waals surface area (Å²) in [5.74, 6) is 1.38. The van der Waals surface area contributed by atoms with Crippen molar-refractivity contribution >= 4 is 11.5 Å². The molecular formula is C20H20FN3O2. The minimum Gasteiger partial charge on any atom is -0.493 e. The second kappa shape index (κ2) is 7.17. The van der Waals surface area contributed by atoms with Gasteiger partial charge in [0.25, 0.3) is 0 Å². The van der Waals surface area contributed by atoms with Crippen LogP contribution in [0.1, 0.15) is 17.5 Å². The number of H-pyrrole nitrogens is 1. The van der Waals surface area contributed by atoms with Gasteiger partial charge in [-0.1, -0.05) is 0 Å². The summed E-state index contributed by atoms with van der Waals surface area (Å²) in [6, 6.07) is 12.4. The van der Waals surface area contributed by atoms with Gasteiger partial charge < -0.3 is 14.8 Å². The van der Waals surface area contributed by atoms with Crippen molar-refractivity contribution in [2.45, 2.75) is 12.8 Å². The molecule has 2 N–H and O–H groups in total. The number of methoxy groups -OCH3 is 1. The number of aromatic amines is 1. The molecule has 134 valence electrons. The number of hydrogen-bond acceptors (Lipinski definition) is 4. The zero-order valence-electron chi connectivity index (χ0n) is 14.5. The van der Waals surface area contributed by atoms with Crippen LogP contribution in [0.25, 0.3) is 11.3 Å². The van der Waals surface area contributed by atoms with E-state index in [2.05, 4.69) is 27.6 Å². The maximum Gasteiger partial charge on any atom is 0.156 e. The molecule has 0 amide bonds. The third kappa shape index (κ3) is 3.28. The molecule has 0 spiro atoms. The van der Waals surface area contributed by atoms with Crippen LogP contribution in [-0.2, 0) is 11.2 Å². The molecule has 1 aliphatic rings. The Morgan fingerprint density at radius 2 is 2.00 bits per heavy atom. The Morgan fingerprint density at radius 3 is 2.81 bits per heavy atom. The summed E-state index contributed by atoms with van der Waals surface area (Å²) in [5.41, 5.74) is 5.29. The van der Waals surface area contributed by atoms with Crippen molar-refractivity contribution in [3.05, 3.63) is 59.4 Å². The molecule has 0 saturated carbocycles. The summed E-state index contributed by atoms with van der Waals surface area (Å²) in [5, 5.41) is 10.7. The van der Waals surface area contributed by atoms with Gasteiger partial charge in [-0.05, 0) is 48.0 Å². The quantitative estimate of drug-likeness (QED) is 0.487. The number of fused-ring (bicyclic) bond motifs is 3. The number of nitrogens with one attached hydrogen (secondary N) is 2. The lowest BCUT2D eigenvalue weighted by molar-refractivity contribution is 0.172. The minimum atomic E-state index is -0.256. The normalized spacial score (nSPS) is 11.9. The molecule has 0 atom stereocenters. The molecule has 0 saturated heterocycles. The maximum absolute atomic E-state index is 13.1. The van der Waals surface area contributed by atoms with E-state index in [1.54, 1.807) is 19.2 Å². The monoisotopic (exact) mass is 353 g/mol. The Morgan fingerprint density at radius 1 is 1.15 bits per heavy atom. The Labute approximate surface area is 151 Å². The smallest absolute Gasteiger partial charge is 0.156 e. The lowest BCUT2D eigenvalue weighted by Crippen LogP contribution is -2.01. The summed E-state index contributed by atoms with van der Waals surface area (Å²) in [4.78, 5) is 0. The fourth-order valence-electron chi connectivity index (χ4n) is 3.17. The molecular weight excluding hydrogens is 333 g/mol. The highest BCUT2D eigenvalue weighted by atomic mass is 19.1. The van der Waals surface area contributed by atoms with Crippen molar-refractivity contribution in [3.8, 4) is 17.0 Å². The standard InChI is InChI=1S/C20H20FN3O2/c1-25-9-2-10-26-16-7-8-17-13(11-16)12-18-19(17)23-24-20(18)22-15-5-3-14(21)4-6-15/h3-8,11H,2,9-10,12H2,1H3,(H2,22,23,24). The van der Waals surface area contributed by atoms with E-state index >= 15 is 0 Å². The third-order valence-electron chi connectivity index (χ3n) is 4.45. The minimum absolute atomic E-state index is 0.256. The Kier molecular flexibility index (Phi) is 4.58. The van der Waals surface area contributed by atoms with Gasteiger partial charge in [-0.2, -0.15) is 5.10 Å². The van der Waals surface area contributed by atoms with E-state index in [1.807, 2.05) is 6.07 Å². The van der Waals surface area contributed by atoms with E-state index in [4.69, 9.17) is 9.47 Å². The van der Waals surface area contributed by atoms with Gasteiger partial charge in [-0.15, -0.1) is 0 Å². The van der Waals surface area contributed by atoms with Crippen molar-refractivity contribution in [2.24, 2.45) is 0 Å². The van der Waals surface area contributed by atoms with Gasteiger partial charge in [0.1, 0.15) is 11.6 Å². The van der Waals surface area contributed by atoms with Crippen LogP contribution in [0, 0.1) is 5.82 Å². The van der Waals surface area contributed by atoms with E-state index < -0.39 is 0 Å². The number of ether oxygens (including phenoxy) is 2. The first-order valence-electron chi connectivity index (χ1n) is 8.59. The zero-order valence-corrected chi connectivity index (χ0v) is 14.5. The topological polar surface area (TPSA) is 59.2 Å². The van der Waals surface area contributed by atoms with Gasteiger partial charge in [0.15, 0.2) is 5.82 Å². The van der Waals surface area contributed by atoms with E-state index in [0.717, 1.165) is 46.9 Å². The molecule has 0 aliphatic heterocycles. The van der Waals surface area contributed by atoms with Gasteiger partial charge >= 0.3 is 0 Å². The SMILES string of the molecule is COCCCOc1ccc2c(c1)Cc1c(Nc3ccc(F)cc3)n[nH]c1-2. The second-order valence-corrected chi connectivity index (χ2v) is 6.25. The summed E-state index contributed by atoms with van der Waals surface area (Å²) in [7, 11) is 1.69. The highest BCUT2D eigenvalue weighted by Gasteiger charge is 2.25. The van der Waals surface area contributed by atoms with Gasteiger partial charge in [-0.3, -0.25) is 5.10 Å². The van der Waals surface area contributed by atoms with Crippen LogP contribution in [-0.4, -0.2) is 30.5 Å². The summed E-state index contributed by atoms with van der Waals surface area (Å²) < 4.78 is 23.9. The zero-order chi connectivity index (χ0) is 17.9. The molecule has 4 rings (SSSR count). The molecule has 26 heavy (non-hydrogen) atoms. The van der Waals surface area contributed by atoms with Gasteiger partial charge in [0, 0.05) is 43.4 Å². The molecule has 0 fully saturated rings. The average Bonchev–Trinajstić information content (AvgIpc) is 3.20. The number of hydrogen-bond donors (Lipinski definition) is 2. The van der Waals surface area contributed by atoms with E-state index in [-0.39, 0.29) is 5.82 Å². The molecule has 6 heteroatoms. The highest BCUT2D eigenvalue weighted by Crippen LogP contribution is 2.40. The highest BCUT2D eigenvalue weighted by molar-refractivity contribution is 5.80. The van der Waals surface area contributed by atoms with Crippen molar-refractivity contribution in [3.63, 3.8) is 0 Å². The van der Waals surface area contributed by atoms with Crippen LogP contribution in [0.5, 0.6) is 5.75 Å². The number of halogens is 1. The molecule has 5 nitrogen and oxygen atoms in total. The van der Waals surface area contributed by atoms with Gasteiger partial charge in [0.2, 0.25) is 0 Å². The fourth-order valence-corrected chi connectivity index (χ4v) is 3.17. The fraction of sp³-hybridized carbons (Fsp3) is 0.250. The maximum atomic E-state index is 13.1. The predicted molar refractivity (Wildman–Crippen MR) is 98.5 cm³/mol. The number of aromatic nitrogens is 2. The van der Waals surface area contributed by atoms with Crippen LogP contribution in [0.15, 0.2) is 42.5 Å². The first kappa shape index (κ1) is 16.6. The van der Waals surface area contributed by atoms with Crippen LogP contribution in [0.4, 0.5) is 15.9 Å². The molecule has 1 heterocycles. The Hall–Kier alpha value is -2.86. The Balaban J connectivity index is 1.49. The van der Waals surface area contributed by atoms with Crippen molar-refractivity contribution in [1.82, 2.24) is 10.2 Å². The first-order chi connectivity index (χ1) is 12.7. The van der Waals surface area contributed by atoms with Crippen molar-refractivity contribution < 1.29 is 13.9 Å². The average molecular weight is 353 g/mol. The van der Waals surface area contributed by atoms with Crippen molar-refractivity contribution in [1.29, 1.82) is 0 Å². The molecule has 1 aliphatic carbocycles. The van der Waals surface area contributed by atoms with E-state index in [0.29, 0.717) is 13.2 Å². The third-order valence-corrected chi connectivity index (χ3v) is 4.45. The summed E-state index contributed by atoms with van der Waals surface area (Å²) in [6.07, 6.45) is 1.64. The number of nitrogens with zero attached hydrogens (tertiary/aromatic N) is 1.